The van der Waals surface area contributed by atoms with Crippen LogP contribution < -0.4 is 11.1 Å². The van der Waals surface area contributed by atoms with E-state index in [-0.39, 0.29) is 12.1 Å². The highest BCUT2D eigenvalue weighted by Crippen LogP contribution is 2.09. The largest absolute Gasteiger partial charge is 0.391 e. The molecule has 0 aromatic heterocycles. The Labute approximate surface area is 142 Å². The van der Waals surface area contributed by atoms with E-state index in [4.69, 9.17) is 5.73 Å². The Hall–Kier alpha value is -1.16. The summed E-state index contributed by atoms with van der Waals surface area (Å²) in [7, 11) is 0. The summed E-state index contributed by atoms with van der Waals surface area (Å²) in [6.45, 7) is 2.90. The molecule has 3 nitrogen and oxygen atoms in total. The summed E-state index contributed by atoms with van der Waals surface area (Å²) in [6.07, 6.45) is 24.7. The lowest BCUT2D eigenvalue weighted by Gasteiger charge is -2.30. The number of rotatable bonds is 10. The molecule has 1 aliphatic heterocycles. The van der Waals surface area contributed by atoms with Crippen molar-refractivity contribution in [3.63, 3.8) is 0 Å². The van der Waals surface area contributed by atoms with Crippen LogP contribution in [0.4, 0.5) is 0 Å². The van der Waals surface area contributed by atoms with E-state index in [1.54, 1.807) is 0 Å². The van der Waals surface area contributed by atoms with Gasteiger partial charge in [-0.1, -0.05) is 68.4 Å². The number of piperidine rings is 1. The Morgan fingerprint density at radius 1 is 1.00 bits per heavy atom. The molecule has 0 aromatic rings. The average molecular weight is 319 g/mol. The highest BCUT2D eigenvalue weighted by Gasteiger charge is 2.23. The van der Waals surface area contributed by atoms with Crippen molar-refractivity contribution in [1.82, 2.24) is 5.32 Å². The molecule has 0 unspecified atom stereocenters. The molecule has 1 aliphatic rings. The second kappa shape index (κ2) is 13.3. The standard InChI is InChI=1S/C20H34N2O/c1-2-3-4-5-6-7-8-9-10-11-12-13-14-15-18-16-20(23)19(21)17-22-18/h5-8,12-15,18-20,22-23H,2-4,9-11,16-17,21H2,1H3/b6-5+,8-7+,13-12+,15-14+/t18-,19-,20+/m1/s1. The quantitative estimate of drug-likeness (QED) is 0.426. The normalized spacial score (nSPS) is 26.3. The predicted molar refractivity (Wildman–Crippen MR) is 100 cm³/mol. The molecule has 4 N–H and O–H groups in total. The van der Waals surface area contributed by atoms with Gasteiger partial charge in [0.15, 0.2) is 0 Å². The first kappa shape index (κ1) is 19.9. The minimum Gasteiger partial charge on any atom is -0.391 e. The minimum atomic E-state index is -0.391. The van der Waals surface area contributed by atoms with Gasteiger partial charge >= 0.3 is 0 Å². The Morgan fingerprint density at radius 3 is 2.22 bits per heavy atom. The maximum Gasteiger partial charge on any atom is 0.0721 e. The van der Waals surface area contributed by atoms with E-state index in [1.807, 2.05) is 0 Å². The highest BCUT2D eigenvalue weighted by molar-refractivity contribution is 5.08. The third-order valence-corrected chi connectivity index (χ3v) is 4.05. The second-order valence-electron chi connectivity index (χ2n) is 6.22. The monoisotopic (exact) mass is 318 g/mol. The lowest BCUT2D eigenvalue weighted by molar-refractivity contribution is 0.105. The number of allylic oxidation sites excluding steroid dienone is 7. The van der Waals surface area contributed by atoms with Gasteiger partial charge in [0.25, 0.3) is 0 Å². The first-order chi connectivity index (χ1) is 11.2. The van der Waals surface area contributed by atoms with Crippen LogP contribution in [-0.2, 0) is 0 Å². The molecule has 0 amide bonds. The third kappa shape index (κ3) is 10.3. The van der Waals surface area contributed by atoms with Gasteiger partial charge in [0, 0.05) is 18.6 Å². The summed E-state index contributed by atoms with van der Waals surface area (Å²) in [4.78, 5) is 0. The zero-order valence-corrected chi connectivity index (χ0v) is 14.5. The summed E-state index contributed by atoms with van der Waals surface area (Å²) in [5, 5.41) is 13.0. The number of unbranched alkanes of at least 4 members (excludes halogenated alkanes) is 4. The number of nitrogens with one attached hydrogen (secondary N) is 1. The van der Waals surface area contributed by atoms with Crippen molar-refractivity contribution >= 4 is 0 Å². The molecular weight excluding hydrogens is 284 g/mol. The molecule has 1 saturated heterocycles. The summed E-state index contributed by atoms with van der Waals surface area (Å²) in [5.74, 6) is 0. The molecule has 0 saturated carbocycles. The summed E-state index contributed by atoms with van der Waals surface area (Å²) in [5.41, 5.74) is 5.75. The van der Waals surface area contributed by atoms with Gasteiger partial charge in [-0.2, -0.15) is 0 Å². The molecule has 1 heterocycles. The third-order valence-electron chi connectivity index (χ3n) is 4.05. The van der Waals surface area contributed by atoms with E-state index in [0.717, 1.165) is 12.8 Å². The molecule has 0 spiro atoms. The fourth-order valence-electron chi connectivity index (χ4n) is 2.49. The molecule has 1 fully saturated rings. The van der Waals surface area contributed by atoms with Crippen molar-refractivity contribution in [3.05, 3.63) is 48.6 Å². The van der Waals surface area contributed by atoms with Gasteiger partial charge in [-0.25, -0.2) is 0 Å². The van der Waals surface area contributed by atoms with Gasteiger partial charge < -0.3 is 16.2 Å². The first-order valence-electron chi connectivity index (χ1n) is 9.06. The van der Waals surface area contributed by atoms with Crippen molar-refractivity contribution in [3.8, 4) is 0 Å². The van der Waals surface area contributed by atoms with Crippen LogP contribution in [0.1, 0.15) is 51.9 Å². The molecule has 0 aromatic carbocycles. The van der Waals surface area contributed by atoms with E-state index in [1.165, 1.54) is 25.7 Å². The maximum atomic E-state index is 9.72. The lowest BCUT2D eigenvalue weighted by atomic mass is 9.98. The lowest BCUT2D eigenvalue weighted by Crippen LogP contribution is -2.53. The molecule has 1 rings (SSSR count). The van der Waals surface area contributed by atoms with Gasteiger partial charge in [-0.15, -0.1) is 0 Å². The summed E-state index contributed by atoms with van der Waals surface area (Å²) < 4.78 is 0. The molecule has 23 heavy (non-hydrogen) atoms. The van der Waals surface area contributed by atoms with Crippen molar-refractivity contribution in [1.29, 1.82) is 0 Å². The van der Waals surface area contributed by atoms with Crippen molar-refractivity contribution in [2.24, 2.45) is 5.73 Å². The smallest absolute Gasteiger partial charge is 0.0721 e. The maximum absolute atomic E-state index is 9.72. The first-order valence-corrected chi connectivity index (χ1v) is 9.06. The van der Waals surface area contributed by atoms with Crippen molar-refractivity contribution in [2.75, 3.05) is 6.54 Å². The average Bonchev–Trinajstić information content (AvgIpc) is 2.55. The van der Waals surface area contributed by atoms with E-state index < -0.39 is 6.10 Å². The zero-order chi connectivity index (χ0) is 16.8. The Balaban J connectivity index is 2.03. The second-order valence-corrected chi connectivity index (χ2v) is 6.22. The molecule has 3 heteroatoms. The van der Waals surface area contributed by atoms with E-state index in [2.05, 4.69) is 60.8 Å². The molecule has 0 aliphatic carbocycles. The summed E-state index contributed by atoms with van der Waals surface area (Å²) in [6, 6.07) is 0.0987. The van der Waals surface area contributed by atoms with Gasteiger partial charge in [-0.05, 0) is 32.1 Å². The van der Waals surface area contributed by atoms with Gasteiger partial charge in [0.05, 0.1) is 6.10 Å². The van der Waals surface area contributed by atoms with Crippen LogP contribution in [0.3, 0.4) is 0 Å². The Kier molecular flexibility index (Phi) is 11.5. The van der Waals surface area contributed by atoms with Crippen LogP contribution >= 0.6 is 0 Å². The topological polar surface area (TPSA) is 58.3 Å². The van der Waals surface area contributed by atoms with Gasteiger partial charge in [0.2, 0.25) is 0 Å². The van der Waals surface area contributed by atoms with E-state index in [9.17, 15) is 5.11 Å². The van der Waals surface area contributed by atoms with Crippen LogP contribution in [0, 0.1) is 0 Å². The predicted octanol–water partition coefficient (Wildman–Crippen LogP) is 3.62. The molecule has 0 radical (unpaired) electrons. The molecule has 3 atom stereocenters. The Bertz CT molecular complexity index is 398. The van der Waals surface area contributed by atoms with Crippen molar-refractivity contribution in [2.45, 2.75) is 70.1 Å². The van der Waals surface area contributed by atoms with Crippen LogP contribution in [0.5, 0.6) is 0 Å². The highest BCUT2D eigenvalue weighted by atomic mass is 16.3. The van der Waals surface area contributed by atoms with Gasteiger partial charge in [0.1, 0.15) is 0 Å². The number of nitrogens with two attached hydrogens (primary N) is 1. The van der Waals surface area contributed by atoms with Crippen LogP contribution in [0.15, 0.2) is 48.6 Å². The molecular formula is C20H34N2O. The van der Waals surface area contributed by atoms with Crippen molar-refractivity contribution < 1.29 is 5.11 Å². The SMILES string of the molecule is CCCC/C=C/C=C/CCC/C=C/C=C/[C@@H]1C[C@H](O)[C@H](N)CN1. The Morgan fingerprint density at radius 2 is 1.61 bits per heavy atom. The number of aliphatic hydroxyl groups excluding tert-OH is 1. The minimum absolute atomic E-state index is 0.135. The molecule has 0 bridgehead atoms. The van der Waals surface area contributed by atoms with E-state index >= 15 is 0 Å². The van der Waals surface area contributed by atoms with Crippen LogP contribution in [0.25, 0.3) is 0 Å². The number of hydrogen-bond acceptors (Lipinski definition) is 3. The molecule has 130 valence electrons. The number of aliphatic hydroxyl groups is 1. The fraction of sp³-hybridized carbons (Fsp3) is 0.600. The summed E-state index contributed by atoms with van der Waals surface area (Å²) >= 11 is 0. The number of hydrogen-bond donors (Lipinski definition) is 3. The van der Waals surface area contributed by atoms with Crippen LogP contribution in [-0.4, -0.2) is 29.8 Å². The van der Waals surface area contributed by atoms with E-state index in [0.29, 0.717) is 13.0 Å². The fourth-order valence-corrected chi connectivity index (χ4v) is 2.49. The van der Waals surface area contributed by atoms with Gasteiger partial charge in [-0.3, -0.25) is 0 Å². The van der Waals surface area contributed by atoms with Crippen LogP contribution in [0.2, 0.25) is 0 Å². The zero-order valence-electron chi connectivity index (χ0n) is 14.5.